The molecule has 0 bridgehead atoms. The topological polar surface area (TPSA) is 9.86 Å². The van der Waals surface area contributed by atoms with Crippen molar-refractivity contribution in [3.8, 4) is 44.8 Å². The molecule has 2 aromatic heterocycles. The van der Waals surface area contributed by atoms with Crippen molar-refractivity contribution >= 4 is 49.2 Å². The van der Waals surface area contributed by atoms with Gasteiger partial charge in [-0.1, -0.05) is 144 Å². The highest BCUT2D eigenvalue weighted by Crippen LogP contribution is 2.57. The molecule has 8 aromatic carbocycles. The molecule has 304 valence electrons. The largest absolute Gasteiger partial charge is 0.309 e. The van der Waals surface area contributed by atoms with Crippen LogP contribution in [0.3, 0.4) is 0 Å². The second kappa shape index (κ2) is 13.7. The summed E-state index contributed by atoms with van der Waals surface area (Å²) in [6.45, 7) is 14.0. The van der Waals surface area contributed by atoms with E-state index in [2.05, 4.69) is 233 Å². The van der Waals surface area contributed by atoms with E-state index < -0.39 is 0 Å². The third-order valence-corrected chi connectivity index (χ3v) is 14.6. The molecule has 0 fully saturated rings. The van der Waals surface area contributed by atoms with Crippen LogP contribution >= 0.6 is 0 Å². The van der Waals surface area contributed by atoms with Gasteiger partial charge in [-0.25, -0.2) is 0 Å². The molecule has 63 heavy (non-hydrogen) atoms. The van der Waals surface area contributed by atoms with E-state index in [-0.39, 0.29) is 10.8 Å². The lowest BCUT2D eigenvalue weighted by atomic mass is 9.79. The van der Waals surface area contributed by atoms with E-state index in [1.165, 1.54) is 122 Å². The van der Waals surface area contributed by atoms with Crippen LogP contribution in [-0.2, 0) is 10.8 Å². The predicted octanol–water partition coefficient (Wildman–Crippen LogP) is 16.5. The monoisotopic (exact) mass is 810 g/mol. The number of fused-ring (bicyclic) bond motifs is 12. The molecule has 12 rings (SSSR count). The summed E-state index contributed by atoms with van der Waals surface area (Å²) in [7, 11) is 0. The normalized spacial score (nSPS) is 14.9. The summed E-state index contributed by atoms with van der Waals surface area (Å²) in [5, 5.41) is 5.06. The minimum Gasteiger partial charge on any atom is -0.309 e. The molecule has 0 spiro atoms. The zero-order valence-electron chi connectivity index (χ0n) is 36.9. The van der Waals surface area contributed by atoms with E-state index in [1.54, 1.807) is 0 Å². The van der Waals surface area contributed by atoms with Crippen molar-refractivity contribution in [2.45, 2.75) is 58.8 Å². The third kappa shape index (κ3) is 5.31. The van der Waals surface area contributed by atoms with Gasteiger partial charge in [-0.3, -0.25) is 0 Å². The Morgan fingerprint density at radius 1 is 0.460 bits per heavy atom. The quantitative estimate of drug-likeness (QED) is 0.148. The lowest BCUT2D eigenvalue weighted by Gasteiger charge is -2.24. The van der Waals surface area contributed by atoms with Crippen LogP contribution in [0.2, 0.25) is 0 Å². The van der Waals surface area contributed by atoms with E-state index >= 15 is 0 Å². The van der Waals surface area contributed by atoms with E-state index in [1.807, 2.05) is 0 Å². The number of hydrogen-bond donors (Lipinski definition) is 0. The highest BCUT2D eigenvalue weighted by atomic mass is 15.0. The molecule has 2 nitrogen and oxygen atoms in total. The summed E-state index contributed by atoms with van der Waals surface area (Å²) < 4.78 is 4.87. The molecule has 2 heterocycles. The maximum Gasteiger partial charge on any atom is 0.0541 e. The second-order valence-electron chi connectivity index (χ2n) is 18.7. The predicted molar refractivity (Wildman–Crippen MR) is 269 cm³/mol. The Labute approximate surface area is 370 Å². The fourth-order valence-electron chi connectivity index (χ4n) is 11.4. The molecular weight excluding hydrogens is 761 g/mol. The minimum absolute atomic E-state index is 0.107. The van der Waals surface area contributed by atoms with Crippen molar-refractivity contribution in [1.29, 1.82) is 0 Å². The molecule has 0 radical (unpaired) electrons. The molecule has 0 unspecified atom stereocenters. The summed E-state index contributed by atoms with van der Waals surface area (Å²) in [6, 6.07) is 61.7. The van der Waals surface area contributed by atoms with E-state index in [0.29, 0.717) is 0 Å². The zero-order valence-corrected chi connectivity index (χ0v) is 36.9. The van der Waals surface area contributed by atoms with E-state index in [0.717, 1.165) is 6.42 Å². The zero-order chi connectivity index (χ0) is 42.8. The van der Waals surface area contributed by atoms with Crippen LogP contribution < -0.4 is 0 Å². The standard InChI is InChI=1S/C61H50N2/c1-7-9-18-38(8-2)43-23-17-24-51-59(43)50-37-53-47(36-54(50)60(51,3)4)44-30-29-42(35-52(44)61(53,5)6)63-56-26-16-14-22-46(56)49-34-40(28-32-58(49)63)39-27-31-57-48(33-39)45-21-13-15-25-55(45)62(57)41-19-11-10-12-20-41/h8-37H,7H2,1-6H3/b18-9-,38-8+. The fourth-order valence-corrected chi connectivity index (χ4v) is 11.4. The molecule has 0 aliphatic heterocycles. The van der Waals surface area contributed by atoms with E-state index in [9.17, 15) is 0 Å². The number of allylic oxidation sites excluding steroid dienone is 4. The number of hydrogen-bond acceptors (Lipinski definition) is 0. The Morgan fingerprint density at radius 3 is 1.67 bits per heavy atom. The maximum atomic E-state index is 2.55. The smallest absolute Gasteiger partial charge is 0.0541 e. The van der Waals surface area contributed by atoms with Crippen LogP contribution in [0.15, 0.2) is 182 Å². The lowest BCUT2D eigenvalue weighted by molar-refractivity contribution is 0.652. The molecule has 10 aromatic rings. The van der Waals surface area contributed by atoms with Gasteiger partial charge in [-0.2, -0.15) is 0 Å². The van der Waals surface area contributed by atoms with Gasteiger partial charge in [-0.15, -0.1) is 0 Å². The first-order valence-corrected chi connectivity index (χ1v) is 22.6. The van der Waals surface area contributed by atoms with Gasteiger partial charge in [0, 0.05) is 43.7 Å². The first-order chi connectivity index (χ1) is 30.7. The SMILES string of the molecule is C/C=C(\C=C/CC)c1cccc2c1-c1cc3c(cc1C2(C)C)-c1ccc(-n2c4ccccc4c4cc(-c5ccc6c(c5)c5ccccc5n6-c5ccccc5)ccc42)cc1C3(C)C. The van der Waals surface area contributed by atoms with Crippen LogP contribution in [0.1, 0.15) is 75.8 Å². The average molecular weight is 811 g/mol. The molecule has 2 aliphatic rings. The second-order valence-corrected chi connectivity index (χ2v) is 18.7. The molecule has 0 saturated carbocycles. The van der Waals surface area contributed by atoms with Crippen LogP contribution in [0.4, 0.5) is 0 Å². The van der Waals surface area contributed by atoms with Crippen molar-refractivity contribution in [3.05, 3.63) is 210 Å². The molecular formula is C61H50N2. The van der Waals surface area contributed by atoms with Gasteiger partial charge in [0.2, 0.25) is 0 Å². The van der Waals surface area contributed by atoms with Gasteiger partial charge < -0.3 is 9.13 Å². The molecule has 0 N–H and O–H groups in total. The highest BCUT2D eigenvalue weighted by Gasteiger charge is 2.42. The van der Waals surface area contributed by atoms with E-state index in [4.69, 9.17) is 0 Å². The number of benzene rings is 8. The lowest BCUT2D eigenvalue weighted by Crippen LogP contribution is -2.17. The summed E-state index contributed by atoms with van der Waals surface area (Å²) in [5.41, 5.74) is 23.2. The Kier molecular flexibility index (Phi) is 8.16. The number of nitrogens with zero attached hydrogens (tertiary/aromatic N) is 2. The highest BCUT2D eigenvalue weighted by molar-refractivity contribution is 6.13. The number of para-hydroxylation sites is 3. The summed E-state index contributed by atoms with van der Waals surface area (Å²) in [4.78, 5) is 0. The van der Waals surface area contributed by atoms with Crippen molar-refractivity contribution < 1.29 is 0 Å². The summed E-state index contributed by atoms with van der Waals surface area (Å²) in [6.07, 6.45) is 7.86. The van der Waals surface area contributed by atoms with Crippen molar-refractivity contribution in [3.63, 3.8) is 0 Å². The fraction of sp³-hybridized carbons (Fsp3) is 0.148. The molecule has 0 atom stereocenters. The minimum atomic E-state index is -0.183. The third-order valence-electron chi connectivity index (χ3n) is 14.6. The van der Waals surface area contributed by atoms with Crippen LogP contribution in [0.5, 0.6) is 0 Å². The van der Waals surface area contributed by atoms with Crippen molar-refractivity contribution in [2.75, 3.05) is 0 Å². The Hall–Kier alpha value is -7.16. The van der Waals surface area contributed by atoms with Gasteiger partial charge in [0.15, 0.2) is 0 Å². The van der Waals surface area contributed by atoms with Gasteiger partial charge in [-0.05, 0) is 153 Å². The van der Waals surface area contributed by atoms with Gasteiger partial charge >= 0.3 is 0 Å². The van der Waals surface area contributed by atoms with Crippen molar-refractivity contribution in [1.82, 2.24) is 9.13 Å². The maximum absolute atomic E-state index is 2.55. The summed E-state index contributed by atoms with van der Waals surface area (Å²) in [5.74, 6) is 0. The van der Waals surface area contributed by atoms with Gasteiger partial charge in [0.1, 0.15) is 0 Å². The van der Waals surface area contributed by atoms with Crippen LogP contribution in [0, 0.1) is 0 Å². The van der Waals surface area contributed by atoms with Gasteiger partial charge in [0.25, 0.3) is 0 Å². The van der Waals surface area contributed by atoms with Crippen molar-refractivity contribution in [2.24, 2.45) is 0 Å². The van der Waals surface area contributed by atoms with Crippen LogP contribution in [-0.4, -0.2) is 9.13 Å². The molecule has 2 aliphatic carbocycles. The number of rotatable bonds is 6. The van der Waals surface area contributed by atoms with Crippen LogP contribution in [0.25, 0.3) is 93.9 Å². The molecule has 2 heteroatoms. The first kappa shape index (κ1) is 37.6. The Morgan fingerprint density at radius 2 is 1.02 bits per heavy atom. The number of aromatic nitrogens is 2. The molecule has 0 amide bonds. The van der Waals surface area contributed by atoms with Gasteiger partial charge in [0.05, 0.1) is 22.1 Å². The first-order valence-electron chi connectivity index (χ1n) is 22.6. The summed E-state index contributed by atoms with van der Waals surface area (Å²) >= 11 is 0. The molecule has 0 saturated heterocycles. The Balaban J connectivity index is 0.978. The average Bonchev–Trinajstić information content (AvgIpc) is 3.97. The Bertz CT molecular complexity index is 3600.